The van der Waals surface area contributed by atoms with Gasteiger partial charge in [-0.1, -0.05) is 6.92 Å². The second-order valence-corrected chi connectivity index (χ2v) is 5.02. The number of nitrogens with two attached hydrogens (primary N) is 1. The van der Waals surface area contributed by atoms with E-state index in [1.807, 2.05) is 0 Å². The topological polar surface area (TPSA) is 67.2 Å². The highest BCUT2D eigenvalue weighted by atomic mass is 16.1. The first-order chi connectivity index (χ1) is 7.15. The van der Waals surface area contributed by atoms with Crippen molar-refractivity contribution in [3.8, 4) is 0 Å². The Morgan fingerprint density at radius 2 is 2.33 bits per heavy atom. The molecular formula is C11H21N3O. The Hall–Kier alpha value is -0.610. The minimum Gasteiger partial charge on any atom is -0.368 e. The summed E-state index contributed by atoms with van der Waals surface area (Å²) in [7, 11) is 0. The largest absolute Gasteiger partial charge is 0.368 e. The van der Waals surface area contributed by atoms with E-state index in [0.29, 0.717) is 0 Å². The molecule has 1 saturated carbocycles. The van der Waals surface area contributed by atoms with Crippen molar-refractivity contribution < 1.29 is 4.79 Å². The van der Waals surface area contributed by atoms with Crippen molar-refractivity contribution in [3.63, 3.8) is 0 Å². The highest BCUT2D eigenvalue weighted by Gasteiger charge is 2.43. The minimum absolute atomic E-state index is 0.183. The zero-order valence-electron chi connectivity index (χ0n) is 9.38. The predicted octanol–water partition coefficient (Wildman–Crippen LogP) is -0.160. The molecule has 0 radical (unpaired) electrons. The molecular weight excluding hydrogens is 190 g/mol. The summed E-state index contributed by atoms with van der Waals surface area (Å²) in [5.41, 5.74) is 5.11. The number of rotatable bonds is 4. The van der Waals surface area contributed by atoms with Gasteiger partial charge >= 0.3 is 0 Å². The van der Waals surface area contributed by atoms with Crippen LogP contribution >= 0.6 is 0 Å². The molecule has 2 rings (SSSR count). The van der Waals surface area contributed by atoms with Crippen LogP contribution in [0.3, 0.4) is 0 Å². The van der Waals surface area contributed by atoms with Crippen LogP contribution in [0.25, 0.3) is 0 Å². The van der Waals surface area contributed by atoms with E-state index in [-0.39, 0.29) is 11.8 Å². The molecule has 1 amide bonds. The molecule has 1 aliphatic heterocycles. The molecule has 1 aliphatic carbocycles. The molecule has 2 aliphatic rings. The highest BCUT2D eigenvalue weighted by Crippen LogP contribution is 2.30. The Morgan fingerprint density at radius 1 is 1.60 bits per heavy atom. The Morgan fingerprint density at radius 3 is 2.87 bits per heavy atom. The maximum absolute atomic E-state index is 11.7. The van der Waals surface area contributed by atoms with Crippen LogP contribution in [0.5, 0.6) is 0 Å². The maximum atomic E-state index is 11.7. The van der Waals surface area contributed by atoms with Gasteiger partial charge in [-0.3, -0.25) is 4.79 Å². The second kappa shape index (κ2) is 4.10. The fraction of sp³-hybridized carbons (Fsp3) is 0.909. The van der Waals surface area contributed by atoms with Crippen LogP contribution in [0, 0.1) is 11.8 Å². The van der Waals surface area contributed by atoms with Gasteiger partial charge in [-0.2, -0.15) is 0 Å². The molecule has 0 spiro atoms. The monoisotopic (exact) mass is 211 g/mol. The van der Waals surface area contributed by atoms with Crippen molar-refractivity contribution in [1.29, 1.82) is 0 Å². The van der Waals surface area contributed by atoms with Crippen LogP contribution in [-0.4, -0.2) is 31.1 Å². The molecule has 2 unspecified atom stereocenters. The number of hydrogen-bond donors (Lipinski definition) is 3. The molecule has 0 aromatic rings. The molecule has 2 fully saturated rings. The molecule has 4 nitrogen and oxygen atoms in total. The summed E-state index contributed by atoms with van der Waals surface area (Å²) in [4.78, 5) is 11.7. The standard InChI is InChI=1S/C11H21N3O/c1-8-6-13-5-4-11(8,10(12)15)14-7-9-2-3-9/h8-9,13-14H,2-7H2,1H3,(H2,12,15). The van der Waals surface area contributed by atoms with Crippen LogP contribution < -0.4 is 16.4 Å². The number of amides is 1. The molecule has 2 atom stereocenters. The van der Waals surface area contributed by atoms with Crippen LogP contribution in [0.15, 0.2) is 0 Å². The van der Waals surface area contributed by atoms with Gasteiger partial charge in [0.05, 0.1) is 0 Å². The Bertz CT molecular complexity index is 252. The van der Waals surface area contributed by atoms with Gasteiger partial charge in [0.15, 0.2) is 0 Å². The number of nitrogens with one attached hydrogen (secondary N) is 2. The average Bonchev–Trinajstić information content (AvgIpc) is 3.00. The first kappa shape index (κ1) is 10.9. The van der Waals surface area contributed by atoms with Gasteiger partial charge in [0.1, 0.15) is 5.54 Å². The van der Waals surface area contributed by atoms with E-state index in [9.17, 15) is 4.79 Å². The number of piperidine rings is 1. The molecule has 1 saturated heterocycles. The van der Waals surface area contributed by atoms with E-state index in [1.165, 1.54) is 12.8 Å². The van der Waals surface area contributed by atoms with Gasteiger partial charge in [-0.05, 0) is 50.7 Å². The average molecular weight is 211 g/mol. The van der Waals surface area contributed by atoms with Gasteiger partial charge in [-0.15, -0.1) is 0 Å². The van der Waals surface area contributed by atoms with Crippen molar-refractivity contribution in [1.82, 2.24) is 10.6 Å². The lowest BCUT2D eigenvalue weighted by molar-refractivity contribution is -0.127. The van der Waals surface area contributed by atoms with Crippen LogP contribution in [0.2, 0.25) is 0 Å². The van der Waals surface area contributed by atoms with Crippen molar-refractivity contribution >= 4 is 5.91 Å². The van der Waals surface area contributed by atoms with Crippen molar-refractivity contribution in [2.24, 2.45) is 17.6 Å². The van der Waals surface area contributed by atoms with Gasteiger partial charge in [0.25, 0.3) is 0 Å². The summed E-state index contributed by atoms with van der Waals surface area (Å²) >= 11 is 0. The smallest absolute Gasteiger partial charge is 0.238 e. The molecule has 15 heavy (non-hydrogen) atoms. The second-order valence-electron chi connectivity index (χ2n) is 5.02. The molecule has 0 aromatic carbocycles. The van der Waals surface area contributed by atoms with Gasteiger partial charge < -0.3 is 16.4 Å². The first-order valence-corrected chi connectivity index (χ1v) is 5.91. The van der Waals surface area contributed by atoms with E-state index >= 15 is 0 Å². The summed E-state index contributed by atoms with van der Waals surface area (Å²) < 4.78 is 0. The van der Waals surface area contributed by atoms with Crippen LogP contribution in [0.4, 0.5) is 0 Å². The maximum Gasteiger partial charge on any atom is 0.238 e. The Balaban J connectivity index is 2.02. The van der Waals surface area contributed by atoms with Crippen LogP contribution in [-0.2, 0) is 4.79 Å². The SMILES string of the molecule is CC1CNCCC1(NCC1CC1)C(N)=O. The van der Waals surface area contributed by atoms with E-state index in [2.05, 4.69) is 17.6 Å². The molecule has 0 bridgehead atoms. The summed E-state index contributed by atoms with van der Waals surface area (Å²) in [5.74, 6) is 0.878. The van der Waals surface area contributed by atoms with E-state index in [4.69, 9.17) is 5.73 Å². The fourth-order valence-corrected chi connectivity index (χ4v) is 2.39. The number of primary amides is 1. The molecule has 1 heterocycles. The summed E-state index contributed by atoms with van der Waals surface area (Å²) in [6.45, 7) is 4.80. The number of carbonyl (C=O) groups excluding carboxylic acids is 1. The van der Waals surface area contributed by atoms with E-state index in [1.54, 1.807) is 0 Å². The van der Waals surface area contributed by atoms with Crippen molar-refractivity contribution in [2.45, 2.75) is 31.7 Å². The fourth-order valence-electron chi connectivity index (χ4n) is 2.39. The molecule has 4 heteroatoms. The molecule has 0 aromatic heterocycles. The third kappa shape index (κ3) is 2.16. The van der Waals surface area contributed by atoms with E-state index < -0.39 is 5.54 Å². The van der Waals surface area contributed by atoms with Gasteiger partial charge in [0.2, 0.25) is 5.91 Å². The summed E-state index contributed by atoms with van der Waals surface area (Å²) in [5, 5.41) is 6.73. The zero-order valence-corrected chi connectivity index (χ0v) is 9.38. The van der Waals surface area contributed by atoms with Crippen LogP contribution in [0.1, 0.15) is 26.2 Å². The molecule has 4 N–H and O–H groups in total. The summed E-state index contributed by atoms with van der Waals surface area (Å²) in [6, 6.07) is 0. The molecule has 86 valence electrons. The number of carbonyl (C=O) groups is 1. The number of hydrogen-bond acceptors (Lipinski definition) is 3. The lowest BCUT2D eigenvalue weighted by atomic mass is 9.78. The highest BCUT2D eigenvalue weighted by molar-refractivity contribution is 5.85. The van der Waals surface area contributed by atoms with Gasteiger partial charge in [0, 0.05) is 0 Å². The summed E-state index contributed by atoms with van der Waals surface area (Å²) in [6.07, 6.45) is 3.42. The third-order valence-electron chi connectivity index (χ3n) is 3.83. The predicted molar refractivity (Wildman–Crippen MR) is 59.3 cm³/mol. The Kier molecular flexibility index (Phi) is 2.98. The lowest BCUT2D eigenvalue weighted by Gasteiger charge is -2.41. The van der Waals surface area contributed by atoms with Crippen molar-refractivity contribution in [2.75, 3.05) is 19.6 Å². The third-order valence-corrected chi connectivity index (χ3v) is 3.83. The van der Waals surface area contributed by atoms with Crippen molar-refractivity contribution in [3.05, 3.63) is 0 Å². The quantitative estimate of drug-likeness (QED) is 0.605. The van der Waals surface area contributed by atoms with E-state index in [0.717, 1.165) is 32.0 Å². The zero-order chi connectivity index (χ0) is 10.9. The minimum atomic E-state index is -0.464. The van der Waals surface area contributed by atoms with Gasteiger partial charge in [-0.25, -0.2) is 0 Å². The lowest BCUT2D eigenvalue weighted by Crippen LogP contribution is -2.65. The Labute approximate surface area is 91.0 Å². The normalized spacial score (nSPS) is 36.5. The first-order valence-electron chi connectivity index (χ1n) is 5.91.